The van der Waals surface area contributed by atoms with Crippen molar-refractivity contribution in [1.29, 1.82) is 0 Å². The second kappa shape index (κ2) is 6.53. The average molecular weight is 306 g/mol. The van der Waals surface area contributed by atoms with Gasteiger partial charge in [0, 0.05) is 19.3 Å². The molecule has 6 nitrogen and oxygen atoms in total. The van der Waals surface area contributed by atoms with Gasteiger partial charge in [-0.3, -0.25) is 14.3 Å². The Bertz CT molecular complexity index is 619. The van der Waals surface area contributed by atoms with Gasteiger partial charge < -0.3 is 10.6 Å². The molecule has 0 aromatic carbocycles. The first-order valence-corrected chi connectivity index (χ1v) is 7.50. The van der Waals surface area contributed by atoms with Crippen molar-refractivity contribution < 1.29 is 9.59 Å². The first kappa shape index (κ1) is 15.2. The molecular weight excluding hydrogens is 288 g/mol. The molecule has 0 fully saturated rings. The summed E-state index contributed by atoms with van der Waals surface area (Å²) >= 11 is 1.34. The van der Waals surface area contributed by atoms with E-state index >= 15 is 0 Å². The van der Waals surface area contributed by atoms with Crippen LogP contribution in [-0.4, -0.2) is 27.6 Å². The largest absolute Gasteiger partial charge is 0.339 e. The normalized spacial score (nSPS) is 12.2. The van der Waals surface area contributed by atoms with Crippen molar-refractivity contribution in [2.24, 2.45) is 13.0 Å². The van der Waals surface area contributed by atoms with Crippen LogP contribution < -0.4 is 10.6 Å². The smallest absolute Gasteiger partial charge is 0.262 e. The molecule has 1 atom stereocenters. The van der Waals surface area contributed by atoms with Crippen LogP contribution >= 0.6 is 11.3 Å². The molecule has 0 aliphatic rings. The van der Waals surface area contributed by atoms with Crippen LogP contribution in [0.15, 0.2) is 29.8 Å². The number of anilines is 1. The number of aromatic nitrogens is 2. The SMILES string of the molecule is CC(C)C(NC(=O)c1cccs1)C(=O)Nc1ccn(C)n1. The fourth-order valence-electron chi connectivity index (χ4n) is 1.84. The molecule has 0 radical (unpaired) electrons. The topological polar surface area (TPSA) is 76.0 Å². The van der Waals surface area contributed by atoms with Gasteiger partial charge in [-0.2, -0.15) is 5.10 Å². The maximum Gasteiger partial charge on any atom is 0.262 e. The van der Waals surface area contributed by atoms with E-state index in [1.54, 1.807) is 36.1 Å². The van der Waals surface area contributed by atoms with Crippen molar-refractivity contribution in [3.63, 3.8) is 0 Å². The van der Waals surface area contributed by atoms with Crippen LogP contribution in [0.4, 0.5) is 5.82 Å². The highest BCUT2D eigenvalue weighted by atomic mass is 32.1. The Morgan fingerprint density at radius 3 is 2.62 bits per heavy atom. The highest BCUT2D eigenvalue weighted by Gasteiger charge is 2.25. The molecule has 2 N–H and O–H groups in total. The van der Waals surface area contributed by atoms with Gasteiger partial charge in [-0.15, -0.1) is 11.3 Å². The van der Waals surface area contributed by atoms with Crippen molar-refractivity contribution in [1.82, 2.24) is 15.1 Å². The number of carbonyl (C=O) groups is 2. The summed E-state index contributed by atoms with van der Waals surface area (Å²) in [7, 11) is 1.77. The number of rotatable bonds is 5. The quantitative estimate of drug-likeness (QED) is 0.885. The number of aryl methyl sites for hydroxylation is 1. The fourth-order valence-corrected chi connectivity index (χ4v) is 2.47. The van der Waals surface area contributed by atoms with Crippen molar-refractivity contribution in [2.75, 3.05) is 5.32 Å². The summed E-state index contributed by atoms with van der Waals surface area (Å²) in [5.41, 5.74) is 0. The lowest BCUT2D eigenvalue weighted by Gasteiger charge is -2.20. The van der Waals surface area contributed by atoms with E-state index in [9.17, 15) is 9.59 Å². The van der Waals surface area contributed by atoms with Crippen LogP contribution in [0.3, 0.4) is 0 Å². The third-order valence-corrected chi connectivity index (χ3v) is 3.81. The van der Waals surface area contributed by atoms with E-state index in [4.69, 9.17) is 0 Å². The van der Waals surface area contributed by atoms with Gasteiger partial charge in [0.1, 0.15) is 6.04 Å². The molecule has 112 valence electrons. The van der Waals surface area contributed by atoms with E-state index in [0.29, 0.717) is 10.7 Å². The maximum absolute atomic E-state index is 12.3. The molecule has 2 rings (SSSR count). The molecular formula is C14H18N4O2S. The number of hydrogen-bond acceptors (Lipinski definition) is 4. The number of amides is 2. The van der Waals surface area contributed by atoms with Crippen LogP contribution in [-0.2, 0) is 11.8 Å². The predicted molar refractivity (Wildman–Crippen MR) is 82.2 cm³/mol. The summed E-state index contributed by atoms with van der Waals surface area (Å²) in [6, 6.07) is 4.63. The summed E-state index contributed by atoms with van der Waals surface area (Å²) in [6.07, 6.45) is 1.74. The first-order chi connectivity index (χ1) is 9.97. The molecule has 0 spiro atoms. The minimum atomic E-state index is -0.610. The van der Waals surface area contributed by atoms with Crippen molar-refractivity contribution in [2.45, 2.75) is 19.9 Å². The lowest BCUT2D eigenvalue weighted by atomic mass is 10.0. The minimum absolute atomic E-state index is 0.0300. The standard InChI is InChI=1S/C14H18N4O2S/c1-9(2)12(16-13(19)10-5-4-8-21-10)14(20)15-11-6-7-18(3)17-11/h4-9,12H,1-3H3,(H,16,19)(H,15,17,20). The zero-order valence-electron chi connectivity index (χ0n) is 12.2. The molecule has 0 saturated heterocycles. The van der Waals surface area contributed by atoms with Gasteiger partial charge in [0.2, 0.25) is 5.91 Å². The number of hydrogen-bond donors (Lipinski definition) is 2. The third-order valence-electron chi connectivity index (χ3n) is 2.95. The monoisotopic (exact) mass is 306 g/mol. The zero-order valence-corrected chi connectivity index (χ0v) is 13.0. The van der Waals surface area contributed by atoms with Crippen LogP contribution in [0.1, 0.15) is 23.5 Å². The van der Waals surface area contributed by atoms with Crippen LogP contribution in [0.2, 0.25) is 0 Å². The number of carbonyl (C=O) groups excluding carboxylic acids is 2. The zero-order chi connectivity index (χ0) is 15.4. The molecule has 0 bridgehead atoms. The van der Waals surface area contributed by atoms with Gasteiger partial charge in [-0.05, 0) is 17.4 Å². The Labute approximate surface area is 127 Å². The van der Waals surface area contributed by atoms with Gasteiger partial charge in [-0.1, -0.05) is 19.9 Å². The molecule has 0 saturated carbocycles. The van der Waals surface area contributed by atoms with Gasteiger partial charge in [0.25, 0.3) is 5.91 Å². The Balaban J connectivity index is 2.04. The molecule has 2 heterocycles. The van der Waals surface area contributed by atoms with Crippen LogP contribution in [0, 0.1) is 5.92 Å². The molecule has 2 aromatic heterocycles. The summed E-state index contributed by atoms with van der Waals surface area (Å²) in [5.74, 6) is -0.0652. The summed E-state index contributed by atoms with van der Waals surface area (Å²) in [6.45, 7) is 3.77. The molecule has 2 amide bonds. The highest BCUT2D eigenvalue weighted by molar-refractivity contribution is 7.12. The Hall–Kier alpha value is -2.15. The molecule has 0 aliphatic carbocycles. The van der Waals surface area contributed by atoms with E-state index in [1.807, 2.05) is 19.2 Å². The van der Waals surface area contributed by atoms with Gasteiger partial charge in [0.15, 0.2) is 5.82 Å². The van der Waals surface area contributed by atoms with Crippen LogP contribution in [0.25, 0.3) is 0 Å². The molecule has 0 aliphatic heterocycles. The molecule has 21 heavy (non-hydrogen) atoms. The van der Waals surface area contributed by atoms with Gasteiger partial charge in [-0.25, -0.2) is 0 Å². The van der Waals surface area contributed by atoms with E-state index in [1.165, 1.54) is 11.3 Å². The third kappa shape index (κ3) is 3.91. The summed E-state index contributed by atoms with van der Waals surface area (Å²) in [4.78, 5) is 25.0. The van der Waals surface area contributed by atoms with E-state index in [0.717, 1.165) is 0 Å². The number of nitrogens with one attached hydrogen (secondary N) is 2. The molecule has 2 aromatic rings. The van der Waals surface area contributed by atoms with E-state index < -0.39 is 6.04 Å². The maximum atomic E-state index is 12.3. The Morgan fingerprint density at radius 1 is 1.33 bits per heavy atom. The molecule has 7 heteroatoms. The van der Waals surface area contributed by atoms with Crippen molar-refractivity contribution in [3.05, 3.63) is 34.7 Å². The number of nitrogens with zero attached hydrogens (tertiary/aromatic N) is 2. The highest BCUT2D eigenvalue weighted by Crippen LogP contribution is 2.11. The minimum Gasteiger partial charge on any atom is -0.339 e. The van der Waals surface area contributed by atoms with Crippen molar-refractivity contribution in [3.8, 4) is 0 Å². The van der Waals surface area contributed by atoms with Gasteiger partial charge >= 0.3 is 0 Å². The average Bonchev–Trinajstić information content (AvgIpc) is 3.06. The number of thiophene rings is 1. The van der Waals surface area contributed by atoms with Gasteiger partial charge in [0.05, 0.1) is 4.88 Å². The predicted octanol–water partition coefficient (Wildman–Crippen LogP) is 1.87. The Morgan fingerprint density at radius 2 is 2.10 bits per heavy atom. The van der Waals surface area contributed by atoms with Crippen LogP contribution in [0.5, 0.6) is 0 Å². The lowest BCUT2D eigenvalue weighted by molar-refractivity contribution is -0.118. The van der Waals surface area contributed by atoms with E-state index in [-0.39, 0.29) is 17.7 Å². The lowest BCUT2D eigenvalue weighted by Crippen LogP contribution is -2.47. The Kier molecular flexibility index (Phi) is 4.74. The summed E-state index contributed by atoms with van der Waals surface area (Å²) < 4.78 is 1.60. The molecule has 1 unspecified atom stereocenters. The van der Waals surface area contributed by atoms with Crippen molar-refractivity contribution >= 4 is 29.0 Å². The second-order valence-corrected chi connectivity index (χ2v) is 5.98. The summed E-state index contributed by atoms with van der Waals surface area (Å²) in [5, 5.41) is 11.4. The first-order valence-electron chi connectivity index (χ1n) is 6.62. The van der Waals surface area contributed by atoms with E-state index in [2.05, 4.69) is 15.7 Å². The fraction of sp³-hybridized carbons (Fsp3) is 0.357. The second-order valence-electron chi connectivity index (χ2n) is 5.04.